The van der Waals surface area contributed by atoms with E-state index in [1.54, 1.807) is 7.11 Å². The first kappa shape index (κ1) is 14.1. The minimum Gasteiger partial charge on any atom is -0.496 e. The molecule has 19 heavy (non-hydrogen) atoms. The maximum Gasteiger partial charge on any atom is 0.130 e. The van der Waals surface area contributed by atoms with Crippen molar-refractivity contribution < 1.29 is 4.74 Å². The van der Waals surface area contributed by atoms with Crippen LogP contribution in [0.25, 0.3) is 10.9 Å². The zero-order chi connectivity index (χ0) is 14.0. The van der Waals surface area contributed by atoms with Gasteiger partial charge in [-0.25, -0.2) is 0 Å². The second kappa shape index (κ2) is 5.75. The number of hydrazine groups is 1. The van der Waals surface area contributed by atoms with Crippen molar-refractivity contribution in [3.8, 4) is 5.75 Å². The van der Waals surface area contributed by atoms with E-state index in [1.807, 2.05) is 18.2 Å². The predicted molar refractivity (Wildman–Crippen MR) is 82.3 cm³/mol. The van der Waals surface area contributed by atoms with E-state index < -0.39 is 0 Å². The van der Waals surface area contributed by atoms with Crippen molar-refractivity contribution in [1.29, 1.82) is 0 Å². The molecule has 5 heteroatoms. The molecular formula is C14H18BrN3O. The molecule has 0 saturated heterocycles. The Morgan fingerprint density at radius 2 is 2.16 bits per heavy atom. The van der Waals surface area contributed by atoms with Gasteiger partial charge in [-0.15, -0.1) is 0 Å². The summed E-state index contributed by atoms with van der Waals surface area (Å²) in [7, 11) is 1.64. The summed E-state index contributed by atoms with van der Waals surface area (Å²) in [5.74, 6) is 6.94. The third kappa shape index (κ3) is 2.82. The number of benzene rings is 1. The smallest absolute Gasteiger partial charge is 0.130 e. The highest BCUT2D eigenvalue weighted by molar-refractivity contribution is 9.10. The molecule has 0 aliphatic rings. The lowest BCUT2D eigenvalue weighted by atomic mass is 10.1. The van der Waals surface area contributed by atoms with E-state index in [0.717, 1.165) is 38.9 Å². The van der Waals surface area contributed by atoms with Gasteiger partial charge in [0.1, 0.15) is 5.75 Å². The molecule has 1 aromatic heterocycles. The average Bonchev–Trinajstić information content (AvgIpc) is 2.38. The molecule has 0 fully saturated rings. The van der Waals surface area contributed by atoms with Crippen molar-refractivity contribution in [3.63, 3.8) is 0 Å². The van der Waals surface area contributed by atoms with E-state index in [9.17, 15) is 0 Å². The van der Waals surface area contributed by atoms with E-state index >= 15 is 0 Å². The van der Waals surface area contributed by atoms with Crippen molar-refractivity contribution in [2.45, 2.75) is 20.3 Å². The Morgan fingerprint density at radius 1 is 1.42 bits per heavy atom. The molecule has 0 amide bonds. The monoisotopic (exact) mass is 323 g/mol. The lowest BCUT2D eigenvalue weighted by Gasteiger charge is -2.14. The minimum absolute atomic E-state index is 0.542. The van der Waals surface area contributed by atoms with E-state index in [2.05, 4.69) is 35.2 Å². The largest absolute Gasteiger partial charge is 0.496 e. The van der Waals surface area contributed by atoms with Crippen LogP contribution >= 0.6 is 15.9 Å². The highest BCUT2D eigenvalue weighted by atomic mass is 79.9. The van der Waals surface area contributed by atoms with Crippen LogP contribution in [0.5, 0.6) is 5.75 Å². The van der Waals surface area contributed by atoms with Gasteiger partial charge < -0.3 is 10.2 Å². The van der Waals surface area contributed by atoms with Crippen LogP contribution < -0.4 is 16.0 Å². The Balaban J connectivity index is 2.72. The first-order valence-electron chi connectivity index (χ1n) is 6.19. The average molecular weight is 324 g/mol. The van der Waals surface area contributed by atoms with Gasteiger partial charge in [0.05, 0.1) is 23.7 Å². The second-order valence-corrected chi connectivity index (χ2v) is 5.73. The molecule has 2 aromatic rings. The molecule has 3 N–H and O–H groups in total. The van der Waals surface area contributed by atoms with Crippen molar-refractivity contribution in [2.75, 3.05) is 12.5 Å². The molecule has 102 valence electrons. The van der Waals surface area contributed by atoms with Crippen LogP contribution in [0.3, 0.4) is 0 Å². The summed E-state index contributed by atoms with van der Waals surface area (Å²) in [6.45, 7) is 4.34. The molecule has 0 atom stereocenters. The molecule has 0 unspecified atom stereocenters. The summed E-state index contributed by atoms with van der Waals surface area (Å²) in [6, 6.07) is 5.82. The van der Waals surface area contributed by atoms with Gasteiger partial charge in [0.2, 0.25) is 0 Å². The van der Waals surface area contributed by atoms with E-state index in [1.165, 1.54) is 0 Å². The number of ether oxygens (including phenoxy) is 1. The molecule has 0 saturated carbocycles. The number of halogens is 1. The molecule has 0 aliphatic carbocycles. The number of nitrogen functional groups attached to an aromatic ring is 1. The Kier molecular flexibility index (Phi) is 4.27. The van der Waals surface area contributed by atoms with Gasteiger partial charge in [-0.05, 0) is 46.5 Å². The van der Waals surface area contributed by atoms with E-state index in [-0.39, 0.29) is 0 Å². The van der Waals surface area contributed by atoms with Crippen LogP contribution in [0.2, 0.25) is 0 Å². The highest BCUT2D eigenvalue weighted by Crippen LogP contribution is 2.36. The van der Waals surface area contributed by atoms with Crippen molar-refractivity contribution >= 4 is 32.5 Å². The number of aromatic nitrogens is 1. The van der Waals surface area contributed by atoms with Gasteiger partial charge in [-0.3, -0.25) is 10.8 Å². The van der Waals surface area contributed by atoms with Crippen LogP contribution in [0.1, 0.15) is 19.5 Å². The van der Waals surface area contributed by atoms with Gasteiger partial charge in [0, 0.05) is 10.2 Å². The second-order valence-electron chi connectivity index (χ2n) is 4.88. The predicted octanol–water partition coefficient (Wildman–Crippen LogP) is 3.49. The standard InChI is InChI=1S/C14H18BrN3O/c1-8(2)6-9-7-11(18-16)13-12(19-3)5-4-10(15)14(13)17-9/h4-5,7-8H,6,16H2,1-3H3,(H,17,18). The lowest BCUT2D eigenvalue weighted by molar-refractivity contribution is 0.420. The van der Waals surface area contributed by atoms with Gasteiger partial charge in [0.15, 0.2) is 0 Å². The van der Waals surface area contributed by atoms with Crippen molar-refractivity contribution in [3.05, 3.63) is 28.4 Å². The SMILES string of the molecule is COc1ccc(Br)c2nc(CC(C)C)cc(NN)c12. The molecule has 0 radical (unpaired) electrons. The summed E-state index contributed by atoms with van der Waals surface area (Å²) < 4.78 is 6.33. The zero-order valence-electron chi connectivity index (χ0n) is 11.3. The normalized spacial score (nSPS) is 11.1. The van der Waals surface area contributed by atoms with Crippen LogP contribution in [0.15, 0.2) is 22.7 Å². The van der Waals surface area contributed by atoms with Gasteiger partial charge in [0.25, 0.3) is 0 Å². The van der Waals surface area contributed by atoms with E-state index in [4.69, 9.17) is 15.6 Å². The fourth-order valence-corrected chi connectivity index (χ4v) is 2.56. The third-order valence-electron chi connectivity index (χ3n) is 2.92. The van der Waals surface area contributed by atoms with Gasteiger partial charge >= 0.3 is 0 Å². The van der Waals surface area contributed by atoms with Crippen molar-refractivity contribution in [1.82, 2.24) is 4.98 Å². The Bertz CT molecular complexity index is 599. The fraction of sp³-hybridized carbons (Fsp3) is 0.357. The molecule has 0 bridgehead atoms. The van der Waals surface area contributed by atoms with Gasteiger partial charge in [-0.1, -0.05) is 13.8 Å². The van der Waals surface area contributed by atoms with Gasteiger partial charge in [-0.2, -0.15) is 0 Å². The van der Waals surface area contributed by atoms with Crippen LogP contribution in [0, 0.1) is 5.92 Å². The number of nitrogens with one attached hydrogen (secondary N) is 1. The molecule has 1 heterocycles. The molecule has 1 aromatic carbocycles. The first-order valence-corrected chi connectivity index (χ1v) is 6.98. The quantitative estimate of drug-likeness (QED) is 0.668. The summed E-state index contributed by atoms with van der Waals surface area (Å²) in [5.41, 5.74) is 5.46. The number of anilines is 1. The zero-order valence-corrected chi connectivity index (χ0v) is 12.9. The maximum absolute atomic E-state index is 5.64. The first-order chi connectivity index (χ1) is 9.06. The Morgan fingerprint density at radius 3 is 2.74 bits per heavy atom. The summed E-state index contributed by atoms with van der Waals surface area (Å²) in [6.07, 6.45) is 0.911. The molecule has 2 rings (SSSR count). The molecule has 0 aliphatic heterocycles. The fourth-order valence-electron chi connectivity index (χ4n) is 2.14. The number of pyridine rings is 1. The number of hydrogen-bond acceptors (Lipinski definition) is 4. The molecular weight excluding hydrogens is 306 g/mol. The maximum atomic E-state index is 5.64. The van der Waals surface area contributed by atoms with E-state index in [0.29, 0.717) is 5.92 Å². The summed E-state index contributed by atoms with van der Waals surface area (Å²) >= 11 is 3.54. The third-order valence-corrected chi connectivity index (χ3v) is 3.56. The lowest BCUT2D eigenvalue weighted by Crippen LogP contribution is -2.10. The Hall–Kier alpha value is -1.33. The van der Waals surface area contributed by atoms with Crippen LogP contribution in [-0.2, 0) is 6.42 Å². The number of nitrogens with two attached hydrogens (primary N) is 1. The number of hydrogen-bond donors (Lipinski definition) is 2. The molecule has 4 nitrogen and oxygen atoms in total. The summed E-state index contributed by atoms with van der Waals surface area (Å²) in [4.78, 5) is 4.71. The van der Waals surface area contributed by atoms with Crippen molar-refractivity contribution in [2.24, 2.45) is 11.8 Å². The molecule has 0 spiro atoms. The van der Waals surface area contributed by atoms with Crippen LogP contribution in [-0.4, -0.2) is 12.1 Å². The topological polar surface area (TPSA) is 60.2 Å². The summed E-state index contributed by atoms with van der Waals surface area (Å²) in [5, 5.41) is 0.895. The van der Waals surface area contributed by atoms with Crippen LogP contribution in [0.4, 0.5) is 5.69 Å². The highest BCUT2D eigenvalue weighted by Gasteiger charge is 2.13. The number of methoxy groups -OCH3 is 1. The number of fused-ring (bicyclic) bond motifs is 1. The minimum atomic E-state index is 0.542. The number of rotatable bonds is 4. The Labute approximate surface area is 121 Å². The number of nitrogens with zero attached hydrogens (tertiary/aromatic N) is 1.